The van der Waals surface area contributed by atoms with Crippen molar-refractivity contribution >= 4 is 57.7 Å². The first kappa shape index (κ1) is 23.9. The topological polar surface area (TPSA) is 59.9 Å². The van der Waals surface area contributed by atoms with Gasteiger partial charge in [0.15, 0.2) is 5.75 Å². The molecule has 0 saturated carbocycles. The molecule has 1 amide bonds. The van der Waals surface area contributed by atoms with Crippen LogP contribution in [-0.4, -0.2) is 19.2 Å². The number of rotatable bonds is 7. The van der Waals surface area contributed by atoms with E-state index in [9.17, 15) is 4.79 Å². The average Bonchev–Trinajstić information content (AvgIpc) is 2.83. The van der Waals surface area contributed by atoms with Crippen LogP contribution < -0.4 is 14.9 Å². The average molecular weight is 514 g/mol. The lowest BCUT2D eigenvalue weighted by atomic mass is 10.1. The minimum Gasteiger partial charge on any atom is -0.496 e. The fourth-order valence-electron chi connectivity index (χ4n) is 3.35. The van der Waals surface area contributed by atoms with Gasteiger partial charge in [0.2, 0.25) is 0 Å². The van der Waals surface area contributed by atoms with Crippen LogP contribution in [0.15, 0.2) is 77.9 Å². The number of carbonyl (C=O) groups is 1. The molecule has 0 fully saturated rings. The summed E-state index contributed by atoms with van der Waals surface area (Å²) in [5.41, 5.74) is 4.29. The normalized spacial score (nSPS) is 11.1. The van der Waals surface area contributed by atoms with Crippen LogP contribution >= 0.6 is 34.8 Å². The number of benzene rings is 4. The summed E-state index contributed by atoms with van der Waals surface area (Å²) in [5, 5.41) is 7.14. The van der Waals surface area contributed by atoms with E-state index < -0.39 is 5.91 Å². The van der Waals surface area contributed by atoms with Crippen LogP contribution in [0, 0.1) is 0 Å². The van der Waals surface area contributed by atoms with E-state index in [1.807, 2.05) is 48.5 Å². The highest BCUT2D eigenvalue weighted by Gasteiger charge is 2.14. The molecule has 0 spiro atoms. The smallest absolute Gasteiger partial charge is 0.275 e. The summed E-state index contributed by atoms with van der Waals surface area (Å²) in [7, 11) is 1.52. The number of hydrogen-bond donors (Lipinski definition) is 1. The summed E-state index contributed by atoms with van der Waals surface area (Å²) in [5.74, 6) is 0.388. The number of nitrogens with one attached hydrogen (secondary N) is 1. The minimum absolute atomic E-state index is 0.218. The van der Waals surface area contributed by atoms with Crippen molar-refractivity contribution in [3.05, 3.63) is 105 Å². The van der Waals surface area contributed by atoms with E-state index >= 15 is 0 Å². The number of halogens is 3. The molecule has 5 nitrogen and oxygen atoms in total. The molecule has 8 heteroatoms. The summed E-state index contributed by atoms with van der Waals surface area (Å²) in [6.07, 6.45) is 1.45. The van der Waals surface area contributed by atoms with Gasteiger partial charge in [0.25, 0.3) is 5.91 Å². The Labute approximate surface area is 211 Å². The van der Waals surface area contributed by atoms with Crippen LogP contribution in [-0.2, 0) is 6.61 Å². The summed E-state index contributed by atoms with van der Waals surface area (Å²) in [4.78, 5) is 12.7. The van der Waals surface area contributed by atoms with Gasteiger partial charge in [0.05, 0.1) is 28.9 Å². The molecule has 0 atom stereocenters. The number of amides is 1. The molecule has 0 bridgehead atoms. The molecule has 0 aliphatic rings. The zero-order chi connectivity index (χ0) is 24.1. The highest BCUT2D eigenvalue weighted by Crippen LogP contribution is 2.35. The van der Waals surface area contributed by atoms with Crippen LogP contribution in [0.5, 0.6) is 11.5 Å². The third-order valence-corrected chi connectivity index (χ3v) is 5.97. The van der Waals surface area contributed by atoms with Crippen LogP contribution in [0.3, 0.4) is 0 Å². The molecule has 0 radical (unpaired) electrons. The lowest BCUT2D eigenvalue weighted by molar-refractivity contribution is 0.0952. The van der Waals surface area contributed by atoms with E-state index in [1.165, 1.54) is 13.3 Å². The second kappa shape index (κ2) is 10.8. The molecule has 34 heavy (non-hydrogen) atoms. The number of carbonyl (C=O) groups excluding carboxylic acids is 1. The van der Waals surface area contributed by atoms with Crippen molar-refractivity contribution in [2.75, 3.05) is 7.11 Å². The van der Waals surface area contributed by atoms with Gasteiger partial charge in [0.1, 0.15) is 12.4 Å². The number of hydrazone groups is 1. The number of nitrogens with zero attached hydrogens (tertiary/aromatic N) is 1. The summed E-state index contributed by atoms with van der Waals surface area (Å²) >= 11 is 18.9. The minimum atomic E-state index is -0.407. The Kier molecular flexibility index (Phi) is 7.58. The predicted octanol–water partition coefficient (Wildman–Crippen LogP) is 7.15. The highest BCUT2D eigenvalue weighted by molar-refractivity contribution is 6.37. The van der Waals surface area contributed by atoms with Crippen molar-refractivity contribution in [3.63, 3.8) is 0 Å². The van der Waals surface area contributed by atoms with E-state index in [0.29, 0.717) is 37.7 Å². The van der Waals surface area contributed by atoms with E-state index in [1.54, 1.807) is 24.3 Å². The molecule has 4 aromatic rings. The number of fused-ring (bicyclic) bond motifs is 1. The second-order valence-electron chi connectivity index (χ2n) is 7.29. The quantitative estimate of drug-likeness (QED) is 0.211. The van der Waals surface area contributed by atoms with Gasteiger partial charge in [-0.25, -0.2) is 5.43 Å². The molecular formula is C26H19Cl3N2O3. The lowest BCUT2D eigenvalue weighted by Crippen LogP contribution is -2.18. The van der Waals surface area contributed by atoms with Gasteiger partial charge in [-0.3, -0.25) is 4.79 Å². The Hall–Kier alpha value is -3.25. The molecule has 4 rings (SSSR count). The fraction of sp³-hybridized carbons (Fsp3) is 0.0769. The molecule has 0 aromatic heterocycles. The first-order valence-corrected chi connectivity index (χ1v) is 11.3. The lowest BCUT2D eigenvalue weighted by Gasteiger charge is -2.12. The maximum atomic E-state index is 12.7. The van der Waals surface area contributed by atoms with Gasteiger partial charge >= 0.3 is 0 Å². The second-order valence-corrected chi connectivity index (χ2v) is 8.51. The summed E-state index contributed by atoms with van der Waals surface area (Å²) in [6.45, 7) is 0.218. The van der Waals surface area contributed by atoms with Gasteiger partial charge < -0.3 is 9.47 Å². The first-order valence-electron chi connectivity index (χ1n) is 10.2. The van der Waals surface area contributed by atoms with Crippen molar-refractivity contribution < 1.29 is 14.3 Å². The summed E-state index contributed by atoms with van der Waals surface area (Å²) < 4.78 is 11.2. The first-order chi connectivity index (χ1) is 16.5. The van der Waals surface area contributed by atoms with Crippen LogP contribution in [0.25, 0.3) is 10.8 Å². The SMILES string of the molecule is COc1cc2ccccc2cc1C(=O)N/N=C\c1cc(Cl)c(OCc2ccccc2Cl)c(Cl)c1. The Morgan fingerprint density at radius 3 is 2.24 bits per heavy atom. The van der Waals surface area contributed by atoms with Gasteiger partial charge in [0, 0.05) is 10.6 Å². The van der Waals surface area contributed by atoms with Crippen molar-refractivity contribution in [3.8, 4) is 11.5 Å². The Morgan fingerprint density at radius 2 is 1.56 bits per heavy atom. The molecule has 0 saturated heterocycles. The molecule has 172 valence electrons. The highest BCUT2D eigenvalue weighted by atomic mass is 35.5. The predicted molar refractivity (Wildman–Crippen MR) is 138 cm³/mol. The zero-order valence-corrected chi connectivity index (χ0v) is 20.3. The molecule has 0 unspecified atom stereocenters. The standard InChI is InChI=1S/C26H19Cl3N2O3/c1-33-24-13-18-7-3-2-6-17(18)12-20(24)26(32)31-30-14-16-10-22(28)25(23(29)11-16)34-15-19-8-4-5-9-21(19)27/h2-14H,15H2,1H3,(H,31,32)/b30-14-. The van der Waals surface area contributed by atoms with Crippen LogP contribution in [0.4, 0.5) is 0 Å². The van der Waals surface area contributed by atoms with E-state index in [-0.39, 0.29) is 6.61 Å². The zero-order valence-electron chi connectivity index (χ0n) is 18.0. The molecule has 4 aromatic carbocycles. The van der Waals surface area contributed by atoms with Gasteiger partial charge in [-0.15, -0.1) is 0 Å². The van der Waals surface area contributed by atoms with Gasteiger partial charge in [-0.2, -0.15) is 5.10 Å². The maximum absolute atomic E-state index is 12.7. The molecule has 0 heterocycles. The monoisotopic (exact) mass is 512 g/mol. The Morgan fingerprint density at radius 1 is 0.912 bits per heavy atom. The van der Waals surface area contributed by atoms with E-state index in [4.69, 9.17) is 44.3 Å². The number of ether oxygens (including phenoxy) is 2. The van der Waals surface area contributed by atoms with E-state index in [0.717, 1.165) is 16.3 Å². The third kappa shape index (κ3) is 5.45. The number of methoxy groups -OCH3 is 1. The fourth-order valence-corrected chi connectivity index (χ4v) is 4.15. The van der Waals surface area contributed by atoms with Crippen LogP contribution in [0.1, 0.15) is 21.5 Å². The van der Waals surface area contributed by atoms with Crippen molar-refractivity contribution in [2.45, 2.75) is 6.61 Å². The van der Waals surface area contributed by atoms with Crippen molar-refractivity contribution in [2.24, 2.45) is 5.10 Å². The molecule has 0 aliphatic carbocycles. The molecular weight excluding hydrogens is 495 g/mol. The molecule has 0 aliphatic heterocycles. The van der Waals surface area contributed by atoms with Crippen LogP contribution in [0.2, 0.25) is 15.1 Å². The Bertz CT molecular complexity index is 1370. The third-order valence-electron chi connectivity index (χ3n) is 5.04. The van der Waals surface area contributed by atoms with Crippen molar-refractivity contribution in [1.82, 2.24) is 5.43 Å². The Balaban J connectivity index is 1.46. The molecule has 1 N–H and O–H groups in total. The number of hydrogen-bond acceptors (Lipinski definition) is 4. The summed E-state index contributed by atoms with van der Waals surface area (Å²) in [6, 6.07) is 21.9. The van der Waals surface area contributed by atoms with Gasteiger partial charge in [-0.05, 0) is 46.7 Å². The van der Waals surface area contributed by atoms with E-state index in [2.05, 4.69) is 10.5 Å². The van der Waals surface area contributed by atoms with Gasteiger partial charge in [-0.1, -0.05) is 77.3 Å². The maximum Gasteiger partial charge on any atom is 0.275 e. The van der Waals surface area contributed by atoms with Crippen molar-refractivity contribution in [1.29, 1.82) is 0 Å². The largest absolute Gasteiger partial charge is 0.496 e.